The molecule has 0 spiro atoms. The molecule has 3 rings (SSSR count). The Kier molecular flexibility index (Phi) is 6.96. The van der Waals surface area contributed by atoms with Crippen LogP contribution in [0.3, 0.4) is 0 Å². The molecule has 0 N–H and O–H groups in total. The molecular weight excluding hydrogens is 389 g/mol. The summed E-state index contributed by atoms with van der Waals surface area (Å²) in [5.41, 5.74) is 0.649. The number of benzene rings is 2. The molecule has 1 aliphatic rings. The molecule has 0 fully saturated rings. The van der Waals surface area contributed by atoms with Crippen molar-refractivity contribution in [3.63, 3.8) is 0 Å². The van der Waals surface area contributed by atoms with E-state index in [2.05, 4.69) is 4.74 Å². The van der Waals surface area contributed by atoms with Gasteiger partial charge in [-0.2, -0.15) is 0 Å². The number of carbonyl (C=O) groups is 2. The third-order valence-corrected chi connectivity index (χ3v) is 6.11. The van der Waals surface area contributed by atoms with Gasteiger partial charge in [0.05, 0.1) is 23.7 Å². The molecule has 1 aliphatic heterocycles. The number of para-hydroxylation sites is 1. The van der Waals surface area contributed by atoms with E-state index in [0.29, 0.717) is 0 Å². The normalized spacial score (nSPS) is 15.2. The van der Waals surface area contributed by atoms with Gasteiger partial charge in [-0.25, -0.2) is 13.2 Å². The van der Waals surface area contributed by atoms with Gasteiger partial charge < -0.3 is 9.84 Å². The first-order chi connectivity index (χ1) is 13.3. The number of sulfonamides is 1. The van der Waals surface area contributed by atoms with Crippen molar-refractivity contribution >= 4 is 27.5 Å². The maximum Gasteiger partial charge on any atom is 1.00 e. The standard InChI is InChI=1S/C20H19NO6S.Li/c1-3-27-20(24)19(23)16-12-21(17-7-5-4-6-15(17)18(16)22)28(25,26)14-10-8-13(2)9-11-14;/h4-11,23H,3,12H2,1-2H3;/q;+1/p-1/b19-16-;. The van der Waals surface area contributed by atoms with E-state index in [0.717, 1.165) is 9.87 Å². The van der Waals surface area contributed by atoms with E-state index in [4.69, 9.17) is 0 Å². The Labute approximate surface area is 181 Å². The van der Waals surface area contributed by atoms with Gasteiger partial charge in [0.1, 0.15) is 0 Å². The number of ketones is 1. The Morgan fingerprint density at radius 2 is 1.76 bits per heavy atom. The molecule has 0 saturated heterocycles. The molecule has 0 aromatic heterocycles. The minimum Gasteiger partial charge on any atom is -0.867 e. The molecule has 146 valence electrons. The van der Waals surface area contributed by atoms with Gasteiger partial charge >= 0.3 is 24.8 Å². The van der Waals surface area contributed by atoms with Crippen LogP contribution in [-0.4, -0.2) is 33.3 Å². The molecule has 0 amide bonds. The molecule has 9 heteroatoms. The number of fused-ring (bicyclic) bond motifs is 1. The molecule has 0 unspecified atom stereocenters. The predicted molar refractivity (Wildman–Crippen MR) is 100 cm³/mol. The van der Waals surface area contributed by atoms with Crippen LogP contribution in [0.4, 0.5) is 5.69 Å². The fourth-order valence-electron chi connectivity index (χ4n) is 2.89. The first-order valence-electron chi connectivity index (χ1n) is 8.57. The van der Waals surface area contributed by atoms with Gasteiger partial charge in [-0.1, -0.05) is 29.8 Å². The number of hydrogen-bond acceptors (Lipinski definition) is 6. The molecule has 0 atom stereocenters. The van der Waals surface area contributed by atoms with Crippen molar-refractivity contribution in [1.82, 2.24) is 0 Å². The fourth-order valence-corrected chi connectivity index (χ4v) is 4.34. The summed E-state index contributed by atoms with van der Waals surface area (Å²) >= 11 is 0. The average molecular weight is 407 g/mol. The summed E-state index contributed by atoms with van der Waals surface area (Å²) in [7, 11) is -4.06. The minimum atomic E-state index is -4.06. The van der Waals surface area contributed by atoms with Crippen LogP contribution in [0, 0.1) is 6.92 Å². The van der Waals surface area contributed by atoms with E-state index in [1.54, 1.807) is 24.3 Å². The quantitative estimate of drug-likeness (QED) is 0.266. The topological polar surface area (TPSA) is 104 Å². The number of aryl methyl sites for hydroxylation is 1. The van der Waals surface area contributed by atoms with E-state index >= 15 is 0 Å². The zero-order valence-corrected chi connectivity index (χ0v) is 17.2. The number of rotatable bonds is 4. The largest absolute Gasteiger partial charge is 1.00 e. The van der Waals surface area contributed by atoms with Gasteiger partial charge in [-0.15, -0.1) is 0 Å². The average Bonchev–Trinajstić information content (AvgIpc) is 2.68. The summed E-state index contributed by atoms with van der Waals surface area (Å²) in [5.74, 6) is -2.99. The third kappa shape index (κ3) is 4.25. The van der Waals surface area contributed by atoms with Crippen molar-refractivity contribution in [3.05, 3.63) is 71.0 Å². The number of anilines is 1. The Morgan fingerprint density at radius 3 is 2.38 bits per heavy atom. The van der Waals surface area contributed by atoms with Crippen LogP contribution in [0.1, 0.15) is 22.8 Å². The molecule has 0 bridgehead atoms. The molecule has 7 nitrogen and oxygen atoms in total. The molecule has 1 heterocycles. The molecule has 2 aromatic rings. The number of carbonyl (C=O) groups excluding carboxylic acids is 2. The molecule has 0 saturated carbocycles. The summed E-state index contributed by atoms with van der Waals surface area (Å²) in [6.45, 7) is 2.79. The number of nitrogens with zero attached hydrogens (tertiary/aromatic N) is 1. The van der Waals surface area contributed by atoms with E-state index in [9.17, 15) is 23.1 Å². The van der Waals surface area contributed by atoms with Gasteiger partial charge in [0, 0.05) is 11.1 Å². The van der Waals surface area contributed by atoms with Crippen molar-refractivity contribution in [2.75, 3.05) is 17.5 Å². The van der Waals surface area contributed by atoms with Gasteiger partial charge in [0.25, 0.3) is 10.0 Å². The van der Waals surface area contributed by atoms with Crippen molar-refractivity contribution in [1.29, 1.82) is 0 Å². The monoisotopic (exact) mass is 407 g/mol. The first kappa shape index (κ1) is 22.8. The summed E-state index contributed by atoms with van der Waals surface area (Å²) in [5, 5.41) is 12.4. The van der Waals surface area contributed by atoms with Crippen molar-refractivity contribution in [2.24, 2.45) is 0 Å². The zero-order chi connectivity index (χ0) is 20.5. The van der Waals surface area contributed by atoms with Crippen LogP contribution in [0.25, 0.3) is 0 Å². The molecular formula is C20H18LiNO6S. The second-order valence-electron chi connectivity index (χ2n) is 6.20. The Balaban J connectivity index is 0.00000300. The zero-order valence-electron chi connectivity index (χ0n) is 16.3. The van der Waals surface area contributed by atoms with Gasteiger partial charge in [0.2, 0.25) is 0 Å². The van der Waals surface area contributed by atoms with E-state index < -0.39 is 39.7 Å². The summed E-state index contributed by atoms with van der Waals surface area (Å²) < 4.78 is 32.1. The van der Waals surface area contributed by atoms with Crippen LogP contribution in [-0.2, 0) is 19.6 Å². The predicted octanol–water partition coefficient (Wildman–Crippen LogP) is -1.43. The van der Waals surface area contributed by atoms with Gasteiger partial charge in [-0.05, 0) is 43.9 Å². The molecule has 0 aliphatic carbocycles. The van der Waals surface area contributed by atoms with Crippen LogP contribution in [0.2, 0.25) is 0 Å². The Bertz CT molecular complexity index is 1080. The van der Waals surface area contributed by atoms with Crippen molar-refractivity contribution in [3.8, 4) is 0 Å². The number of Topliss-reactive ketones (excluding diaryl/α,β-unsaturated/α-hetero) is 1. The van der Waals surface area contributed by atoms with E-state index in [1.165, 1.54) is 31.2 Å². The smallest absolute Gasteiger partial charge is 0.867 e. The summed E-state index contributed by atoms with van der Waals surface area (Å²) in [4.78, 5) is 24.6. The van der Waals surface area contributed by atoms with E-state index in [-0.39, 0.29) is 41.6 Å². The molecule has 2 aromatic carbocycles. The van der Waals surface area contributed by atoms with Crippen molar-refractivity contribution < 1.29 is 46.7 Å². The molecule has 0 radical (unpaired) electrons. The number of ether oxygens (including phenoxy) is 1. The Hall–Kier alpha value is -2.53. The van der Waals surface area contributed by atoms with Gasteiger partial charge in [0.15, 0.2) is 5.78 Å². The van der Waals surface area contributed by atoms with Crippen LogP contribution in [0.5, 0.6) is 0 Å². The second kappa shape index (κ2) is 8.87. The summed E-state index contributed by atoms with van der Waals surface area (Å²) in [6.07, 6.45) is 0. The SMILES string of the molecule is CCOC(=O)/C([O-])=C1\CN(S(=O)(=O)c2ccc(C)cc2)c2ccccc2C1=O.[Li+]. The number of esters is 1. The third-order valence-electron chi connectivity index (χ3n) is 4.34. The second-order valence-corrected chi connectivity index (χ2v) is 8.06. The van der Waals surface area contributed by atoms with Crippen LogP contribution < -0.4 is 28.3 Å². The number of hydrogen-bond donors (Lipinski definition) is 0. The van der Waals surface area contributed by atoms with Crippen LogP contribution >= 0.6 is 0 Å². The summed E-state index contributed by atoms with van der Waals surface area (Å²) in [6, 6.07) is 12.3. The van der Waals surface area contributed by atoms with Crippen LogP contribution in [0.15, 0.2) is 64.8 Å². The van der Waals surface area contributed by atoms with Gasteiger partial charge in [-0.3, -0.25) is 9.10 Å². The van der Waals surface area contributed by atoms with Crippen molar-refractivity contribution in [2.45, 2.75) is 18.7 Å². The maximum atomic E-state index is 13.2. The Morgan fingerprint density at radius 1 is 1.14 bits per heavy atom. The fraction of sp³-hybridized carbons (Fsp3) is 0.200. The maximum absolute atomic E-state index is 13.2. The first-order valence-corrected chi connectivity index (χ1v) is 10.0. The minimum absolute atomic E-state index is 0. The van der Waals surface area contributed by atoms with E-state index in [1.807, 2.05) is 6.92 Å². The molecule has 29 heavy (non-hydrogen) atoms.